The zero-order chi connectivity index (χ0) is 97.8. The van der Waals surface area contributed by atoms with Crippen molar-refractivity contribution in [3.8, 4) is 57.1 Å². The van der Waals surface area contributed by atoms with Gasteiger partial charge in [-0.2, -0.15) is 0 Å². The average Bonchev–Trinajstić information content (AvgIpc) is 1.66. The van der Waals surface area contributed by atoms with Gasteiger partial charge < -0.3 is 125 Å². The standard InChI is InChI=1S/C35H39FO8.C15H21BrO4.C15H18O6.C13H17BrO4.C13H18O4.C10H10O5/c1-35(18-41-19-35)20-43-25-11-22(15-38-2)33(23(12-25)16-39-3)27-7-9-29(36)34-28(27)8-10-30(34)44-24-5-6-26-21(13-32(37)40-4)17-42-31(26)14-24;1-15(8-19-9-15)10-20-13-4-11(6-17-2)14(16)12(5-13)7-18-3;1-15(7-20-8-15)9-21-12-5-10(13(16)18-2)4-11(6-12)14(17)19-3;1-13(6-17-7-13)8-18-11-2-9(4-15)12(14)10(3-11)5-16;1-13(7-16-8-13)9-17-12-3-10(5-14)2-11(4-12)6-15;1-14-9(12)6-3-7(10(13)15-2)5-8(11)4-6/h5-7,9,11-12,14,21,30H,8,10,13,15-20H2,1-4H3;4-5H,6-10H2,1-3H3;4-6H,7-9H2,1-3H3;2-3,15-16H,4-8H2,1H3;2-4,14-15H,5-9H2,1H3;3-5,11H,1-2H3/t21-,30-;;;;;/m1...../s1. The fraction of sp³-hybridized carbons (Fsp3) is 0.475. The summed E-state index contributed by atoms with van der Waals surface area (Å²) in [6.45, 7) is 22.3. The summed E-state index contributed by atoms with van der Waals surface area (Å²) in [5, 5.41) is 46.0. The van der Waals surface area contributed by atoms with Crippen molar-refractivity contribution in [3.05, 3.63) is 220 Å². The average molecular weight is 2010 g/mol. The molecule has 7 aliphatic rings. The molecule has 6 heterocycles. The Morgan fingerprint density at radius 1 is 0.407 bits per heavy atom. The van der Waals surface area contributed by atoms with Crippen molar-refractivity contribution in [2.75, 3.05) is 170 Å². The van der Waals surface area contributed by atoms with E-state index in [4.69, 9.17) is 90.7 Å². The number of aromatic hydroxyl groups is 1. The van der Waals surface area contributed by atoms with Gasteiger partial charge in [-0.05, 0) is 171 Å². The van der Waals surface area contributed by atoms with Gasteiger partial charge in [-0.3, -0.25) is 4.79 Å². The topological polar surface area (TPSA) is 380 Å². The van der Waals surface area contributed by atoms with Gasteiger partial charge in [0.1, 0.15) is 57.9 Å². The molecule has 0 aromatic heterocycles. The number of phenols is 1. The number of fused-ring (bicyclic) bond motifs is 2. The van der Waals surface area contributed by atoms with Crippen LogP contribution < -0.4 is 33.2 Å². The number of hydrogen-bond acceptors (Lipinski definition) is 31. The molecule has 734 valence electrons. The van der Waals surface area contributed by atoms with Crippen LogP contribution >= 0.6 is 31.9 Å². The summed E-state index contributed by atoms with van der Waals surface area (Å²) in [6.07, 6.45) is 1.09. The highest BCUT2D eigenvalue weighted by atomic mass is 79.9. The molecule has 0 bridgehead atoms. The van der Waals surface area contributed by atoms with E-state index in [0.29, 0.717) is 164 Å². The second-order valence-corrected chi connectivity index (χ2v) is 37.2. The van der Waals surface area contributed by atoms with Crippen LogP contribution in [-0.2, 0) is 130 Å². The fourth-order valence-electron chi connectivity index (χ4n) is 15.2. The maximum absolute atomic E-state index is 15.5. The predicted molar refractivity (Wildman–Crippen MR) is 498 cm³/mol. The van der Waals surface area contributed by atoms with Crippen molar-refractivity contribution in [2.45, 2.75) is 119 Å². The van der Waals surface area contributed by atoms with E-state index in [9.17, 15) is 39.3 Å². The molecule has 0 saturated carbocycles. The number of aliphatic hydroxyl groups is 4. The molecule has 31 nitrogen and oxygen atoms in total. The first-order valence-corrected chi connectivity index (χ1v) is 45.2. The first kappa shape index (κ1) is 107. The normalized spacial score (nSPS) is 16.9. The van der Waals surface area contributed by atoms with E-state index in [1.54, 1.807) is 70.9 Å². The smallest absolute Gasteiger partial charge is 0.338 e. The molecule has 34 heteroatoms. The summed E-state index contributed by atoms with van der Waals surface area (Å²) in [5.41, 5.74) is 12.2. The Balaban J connectivity index is 0.000000177. The molecule has 8 aromatic rings. The largest absolute Gasteiger partial charge is 0.508 e. The number of carbonyl (C=O) groups excluding carboxylic acids is 5. The minimum Gasteiger partial charge on any atom is -0.508 e. The summed E-state index contributed by atoms with van der Waals surface area (Å²) < 4.78 is 130. The number of hydrogen-bond donors (Lipinski definition) is 5. The Morgan fingerprint density at radius 3 is 1.12 bits per heavy atom. The summed E-state index contributed by atoms with van der Waals surface area (Å²) in [6, 6.07) is 34.1. The molecule has 5 fully saturated rings. The Labute approximate surface area is 802 Å². The van der Waals surface area contributed by atoms with Crippen molar-refractivity contribution < 1.29 is 153 Å². The molecule has 0 unspecified atom stereocenters. The third-order valence-corrected chi connectivity index (χ3v) is 24.9. The van der Waals surface area contributed by atoms with Crippen LogP contribution in [0.25, 0.3) is 11.1 Å². The number of ether oxygens (including phenoxy) is 21. The molecule has 135 heavy (non-hydrogen) atoms. The lowest BCUT2D eigenvalue weighted by atomic mass is 9.89. The van der Waals surface area contributed by atoms with Crippen LogP contribution in [0.2, 0.25) is 0 Å². The van der Waals surface area contributed by atoms with Gasteiger partial charge in [0.25, 0.3) is 0 Å². The van der Waals surface area contributed by atoms with Gasteiger partial charge in [-0.15, -0.1) is 0 Å². The second-order valence-electron chi connectivity index (χ2n) is 35.6. The highest BCUT2D eigenvalue weighted by Crippen LogP contribution is 2.47. The van der Waals surface area contributed by atoms with E-state index in [-0.39, 0.29) is 106 Å². The lowest BCUT2D eigenvalue weighted by Crippen LogP contribution is -2.44. The predicted octanol–water partition coefficient (Wildman–Crippen LogP) is 15.0. The molecular formula is C101H123Br2FO31. The maximum Gasteiger partial charge on any atom is 0.338 e. The molecular weight excluding hydrogens is 1890 g/mol. The van der Waals surface area contributed by atoms with Crippen LogP contribution in [0.5, 0.6) is 46.0 Å². The van der Waals surface area contributed by atoms with E-state index in [1.165, 1.54) is 65.9 Å². The van der Waals surface area contributed by atoms with Crippen molar-refractivity contribution in [3.63, 3.8) is 0 Å². The first-order chi connectivity index (χ1) is 64.7. The monoisotopic (exact) mass is 2010 g/mol. The Morgan fingerprint density at radius 2 is 0.763 bits per heavy atom. The molecule has 15 rings (SSSR count). The molecule has 0 radical (unpaired) electrons. The molecule has 1 aliphatic carbocycles. The van der Waals surface area contributed by atoms with Crippen molar-refractivity contribution in [1.82, 2.24) is 0 Å². The number of methoxy groups -OCH3 is 9. The fourth-order valence-corrected chi connectivity index (χ4v) is 16.2. The number of esters is 5. The van der Waals surface area contributed by atoms with Crippen molar-refractivity contribution in [2.24, 2.45) is 27.1 Å². The van der Waals surface area contributed by atoms with Gasteiger partial charge in [-0.25, -0.2) is 23.6 Å². The number of phenolic OH excluding ortho intramolecular Hbond substituents is 1. The number of rotatable bonds is 36. The zero-order valence-corrected chi connectivity index (χ0v) is 81.9. The van der Waals surface area contributed by atoms with E-state index in [0.717, 1.165) is 103 Å². The van der Waals surface area contributed by atoms with Crippen LogP contribution in [0.3, 0.4) is 0 Å². The Bertz CT molecular complexity index is 5160. The number of halogens is 3. The van der Waals surface area contributed by atoms with Gasteiger partial charge >= 0.3 is 29.8 Å². The SMILES string of the molecule is CC1(COc2cc(CO)c(Br)c(CO)c2)COC1.CC1(COc2cc(CO)cc(CO)c2)COC1.COC(=O)c1cc(O)cc(C(=O)OC)c1.COC(=O)c1cc(OCC2(C)COC2)cc(C(=O)OC)c1.COCc1cc(OCC2(C)COC2)cc(COC)c1-c1ccc(F)c2c1CC[C@H]2Oc1ccc2c(c1)OC[C@H]2CC(=O)OC.COCc1cc(OCC2(C)COC2)cc(COC)c1Br. The summed E-state index contributed by atoms with van der Waals surface area (Å²) in [5.74, 6) is 1.48. The van der Waals surface area contributed by atoms with Gasteiger partial charge in [-0.1, -0.05) is 84.7 Å². The Kier molecular flexibility index (Phi) is 39.8. The maximum atomic E-state index is 15.5. The van der Waals surface area contributed by atoms with E-state index in [1.807, 2.05) is 55.5 Å². The minimum atomic E-state index is -0.629. The number of aliphatic hydroxyl groups excluding tert-OH is 4. The molecule has 2 atom stereocenters. The lowest BCUT2D eigenvalue weighted by Gasteiger charge is -2.37. The quantitative estimate of drug-likeness (QED) is 0.0180. The number of carbonyl (C=O) groups is 5. The lowest BCUT2D eigenvalue weighted by molar-refractivity contribution is -0.141. The van der Waals surface area contributed by atoms with Crippen LogP contribution in [0.15, 0.2) is 130 Å². The molecule has 8 aromatic carbocycles. The van der Waals surface area contributed by atoms with Crippen LogP contribution in [0.1, 0.15) is 162 Å². The van der Waals surface area contributed by atoms with Crippen LogP contribution in [-0.4, -0.2) is 225 Å². The molecule has 5 saturated heterocycles. The zero-order valence-electron chi connectivity index (χ0n) is 78.8. The number of benzene rings is 8. The summed E-state index contributed by atoms with van der Waals surface area (Å²) in [7, 11) is 13.1. The van der Waals surface area contributed by atoms with Gasteiger partial charge in [0.05, 0.1) is 223 Å². The van der Waals surface area contributed by atoms with Gasteiger partial charge in [0.2, 0.25) is 0 Å². The highest BCUT2D eigenvalue weighted by molar-refractivity contribution is 9.11. The molecule has 0 spiro atoms. The first-order valence-electron chi connectivity index (χ1n) is 43.7. The van der Waals surface area contributed by atoms with Crippen molar-refractivity contribution in [1.29, 1.82) is 0 Å². The molecule has 5 N–H and O–H groups in total. The third-order valence-electron chi connectivity index (χ3n) is 22.9. The van der Waals surface area contributed by atoms with Gasteiger partial charge in [0.15, 0.2) is 0 Å². The van der Waals surface area contributed by atoms with E-state index < -0.39 is 30.0 Å². The van der Waals surface area contributed by atoms with E-state index >= 15 is 4.39 Å². The van der Waals surface area contributed by atoms with Crippen molar-refractivity contribution >= 4 is 61.7 Å². The molecule has 6 aliphatic heterocycles. The molecule has 0 amide bonds. The van der Waals surface area contributed by atoms with Crippen LogP contribution in [0, 0.1) is 32.9 Å². The van der Waals surface area contributed by atoms with Gasteiger partial charge in [0, 0.05) is 87.6 Å². The van der Waals surface area contributed by atoms with E-state index in [2.05, 4.69) is 78.5 Å². The minimum absolute atomic E-state index is 0.00399. The summed E-state index contributed by atoms with van der Waals surface area (Å²) >= 11 is 6.95. The third kappa shape index (κ3) is 29.5. The highest BCUT2D eigenvalue weighted by Gasteiger charge is 2.40. The second kappa shape index (κ2) is 50.3. The summed E-state index contributed by atoms with van der Waals surface area (Å²) in [4.78, 5) is 57.4. The van der Waals surface area contributed by atoms with Crippen LogP contribution in [0.4, 0.5) is 4.39 Å². The Hall–Kier alpha value is -10.1.